The molecule has 0 amide bonds. The van der Waals surface area contributed by atoms with Crippen LogP contribution in [0.5, 0.6) is 0 Å². The Morgan fingerprint density at radius 1 is 1.47 bits per heavy atom. The molecule has 0 heterocycles. The molecule has 2 unspecified atom stereocenters. The first-order chi connectivity index (χ1) is 7.28. The molecule has 84 valence electrons. The molecule has 2 aliphatic rings. The number of hydrogen-bond donors (Lipinski definition) is 1. The van der Waals surface area contributed by atoms with Crippen LogP contribution in [0.3, 0.4) is 0 Å². The van der Waals surface area contributed by atoms with Crippen LogP contribution < -0.4 is 5.32 Å². The summed E-state index contributed by atoms with van der Waals surface area (Å²) in [6, 6.07) is 2.38. The third-order valence-electron chi connectivity index (χ3n) is 3.74. The number of nitriles is 1. The lowest BCUT2D eigenvalue weighted by molar-refractivity contribution is 0.0510. The number of nitrogens with one attached hydrogen (secondary N) is 1. The van der Waals surface area contributed by atoms with Crippen molar-refractivity contribution in [1.29, 1.82) is 5.26 Å². The van der Waals surface area contributed by atoms with Gasteiger partial charge in [0.25, 0.3) is 0 Å². The number of hydrogen-bond acceptors (Lipinski definition) is 3. The van der Waals surface area contributed by atoms with Gasteiger partial charge in [-0.05, 0) is 32.2 Å². The minimum Gasteiger partial charge on any atom is -0.378 e. The Morgan fingerprint density at radius 3 is 2.80 bits per heavy atom. The van der Waals surface area contributed by atoms with Crippen LogP contribution in [-0.4, -0.2) is 25.3 Å². The summed E-state index contributed by atoms with van der Waals surface area (Å²) in [4.78, 5) is 0. The monoisotopic (exact) mass is 208 g/mol. The van der Waals surface area contributed by atoms with Gasteiger partial charge in [0.1, 0.15) is 5.54 Å². The molecule has 2 atom stereocenters. The first-order valence-corrected chi connectivity index (χ1v) is 6.00. The van der Waals surface area contributed by atoms with Crippen molar-refractivity contribution >= 4 is 0 Å². The summed E-state index contributed by atoms with van der Waals surface area (Å²) in [5, 5.41) is 12.2. The Bertz CT molecular complexity index is 257. The van der Waals surface area contributed by atoms with E-state index in [2.05, 4.69) is 11.4 Å². The molecule has 0 bridgehead atoms. The summed E-state index contributed by atoms with van der Waals surface area (Å²) in [6.45, 7) is 0.889. The topological polar surface area (TPSA) is 45.0 Å². The standard InChI is InChI=1S/C12H20N2O/c1-14-12(9-13)6-4-11(8-12)15-7-5-10-2-3-10/h10-11,14H,2-8H2,1H3. The predicted octanol–water partition coefficient (Wildman–Crippen LogP) is 1.84. The average molecular weight is 208 g/mol. The predicted molar refractivity (Wildman–Crippen MR) is 58.3 cm³/mol. The summed E-state index contributed by atoms with van der Waals surface area (Å²) < 4.78 is 5.82. The Morgan fingerprint density at radius 2 is 2.27 bits per heavy atom. The Labute approximate surface area is 91.8 Å². The zero-order chi connectivity index (χ0) is 10.7. The molecule has 15 heavy (non-hydrogen) atoms. The van der Waals surface area contributed by atoms with Crippen molar-refractivity contribution in [2.45, 2.75) is 50.2 Å². The van der Waals surface area contributed by atoms with E-state index in [-0.39, 0.29) is 5.54 Å². The van der Waals surface area contributed by atoms with E-state index >= 15 is 0 Å². The Kier molecular flexibility index (Phi) is 3.28. The van der Waals surface area contributed by atoms with Gasteiger partial charge < -0.3 is 10.1 Å². The Hall–Kier alpha value is -0.590. The fourth-order valence-corrected chi connectivity index (χ4v) is 2.33. The van der Waals surface area contributed by atoms with Gasteiger partial charge in [-0.3, -0.25) is 0 Å². The van der Waals surface area contributed by atoms with Crippen LogP contribution in [0.15, 0.2) is 0 Å². The molecule has 0 aliphatic heterocycles. The molecule has 0 aromatic carbocycles. The fraction of sp³-hybridized carbons (Fsp3) is 0.917. The van der Waals surface area contributed by atoms with Crippen molar-refractivity contribution in [2.75, 3.05) is 13.7 Å². The highest BCUT2D eigenvalue weighted by atomic mass is 16.5. The van der Waals surface area contributed by atoms with Crippen LogP contribution in [0.1, 0.15) is 38.5 Å². The third-order valence-corrected chi connectivity index (χ3v) is 3.74. The molecule has 3 heteroatoms. The highest BCUT2D eigenvalue weighted by molar-refractivity contribution is 5.11. The summed E-state index contributed by atoms with van der Waals surface area (Å²) in [5.41, 5.74) is -0.315. The summed E-state index contributed by atoms with van der Waals surface area (Å²) in [7, 11) is 1.87. The smallest absolute Gasteiger partial charge is 0.109 e. The van der Waals surface area contributed by atoms with Gasteiger partial charge in [0, 0.05) is 13.0 Å². The third kappa shape index (κ3) is 2.70. The number of rotatable bonds is 5. The van der Waals surface area contributed by atoms with Crippen LogP contribution in [0, 0.1) is 17.2 Å². The summed E-state index contributed by atoms with van der Waals surface area (Å²) >= 11 is 0. The van der Waals surface area contributed by atoms with Crippen LogP contribution in [0.2, 0.25) is 0 Å². The van der Waals surface area contributed by atoms with E-state index in [4.69, 9.17) is 10.00 Å². The minimum absolute atomic E-state index is 0.302. The molecule has 0 aromatic heterocycles. The highest BCUT2D eigenvalue weighted by Gasteiger charge is 2.38. The van der Waals surface area contributed by atoms with Crippen molar-refractivity contribution in [3.05, 3.63) is 0 Å². The minimum atomic E-state index is -0.315. The summed E-state index contributed by atoms with van der Waals surface area (Å²) in [6.07, 6.45) is 7.11. The molecule has 0 aromatic rings. The van der Waals surface area contributed by atoms with Crippen LogP contribution in [0.4, 0.5) is 0 Å². The fourth-order valence-electron chi connectivity index (χ4n) is 2.33. The molecule has 0 radical (unpaired) electrons. The van der Waals surface area contributed by atoms with Gasteiger partial charge in [-0.15, -0.1) is 0 Å². The normalized spacial score (nSPS) is 35.3. The molecule has 3 nitrogen and oxygen atoms in total. The van der Waals surface area contributed by atoms with Gasteiger partial charge in [-0.1, -0.05) is 12.8 Å². The SMILES string of the molecule is CNC1(C#N)CCC(OCCC2CC2)C1. The van der Waals surface area contributed by atoms with Gasteiger partial charge in [0.05, 0.1) is 12.2 Å². The van der Waals surface area contributed by atoms with E-state index in [1.807, 2.05) is 7.05 Å². The quantitative estimate of drug-likeness (QED) is 0.749. The van der Waals surface area contributed by atoms with E-state index < -0.39 is 0 Å². The molecule has 2 fully saturated rings. The molecule has 2 aliphatic carbocycles. The van der Waals surface area contributed by atoms with Crippen molar-refractivity contribution < 1.29 is 4.74 Å². The lowest BCUT2D eigenvalue weighted by atomic mass is 10.0. The molecular weight excluding hydrogens is 188 g/mol. The second-order valence-electron chi connectivity index (χ2n) is 4.91. The van der Waals surface area contributed by atoms with E-state index in [0.717, 1.165) is 31.8 Å². The molecular formula is C12H20N2O. The van der Waals surface area contributed by atoms with Gasteiger partial charge in [0.2, 0.25) is 0 Å². The second-order valence-corrected chi connectivity index (χ2v) is 4.91. The second kappa shape index (κ2) is 4.51. The van der Waals surface area contributed by atoms with Crippen molar-refractivity contribution in [1.82, 2.24) is 5.32 Å². The lowest BCUT2D eigenvalue weighted by Crippen LogP contribution is -2.39. The van der Waals surface area contributed by atoms with Crippen molar-refractivity contribution in [3.8, 4) is 6.07 Å². The van der Waals surface area contributed by atoms with Crippen molar-refractivity contribution in [2.24, 2.45) is 5.92 Å². The van der Waals surface area contributed by atoms with Crippen LogP contribution in [0.25, 0.3) is 0 Å². The molecule has 0 saturated heterocycles. The van der Waals surface area contributed by atoms with E-state index in [1.54, 1.807) is 0 Å². The largest absolute Gasteiger partial charge is 0.378 e. The maximum absolute atomic E-state index is 9.09. The van der Waals surface area contributed by atoms with Gasteiger partial charge in [0.15, 0.2) is 0 Å². The average Bonchev–Trinajstić information content (AvgIpc) is 2.98. The molecule has 0 spiro atoms. The van der Waals surface area contributed by atoms with Gasteiger partial charge >= 0.3 is 0 Å². The lowest BCUT2D eigenvalue weighted by Gasteiger charge is -2.19. The van der Waals surface area contributed by atoms with E-state index in [9.17, 15) is 0 Å². The van der Waals surface area contributed by atoms with Gasteiger partial charge in [-0.25, -0.2) is 0 Å². The molecule has 1 N–H and O–H groups in total. The maximum atomic E-state index is 9.09. The first-order valence-electron chi connectivity index (χ1n) is 6.00. The zero-order valence-corrected chi connectivity index (χ0v) is 9.46. The maximum Gasteiger partial charge on any atom is 0.109 e. The van der Waals surface area contributed by atoms with Crippen molar-refractivity contribution in [3.63, 3.8) is 0 Å². The number of nitrogens with zero attached hydrogens (tertiary/aromatic N) is 1. The molecule has 2 saturated carbocycles. The highest BCUT2D eigenvalue weighted by Crippen LogP contribution is 2.34. The van der Waals surface area contributed by atoms with Crippen LogP contribution >= 0.6 is 0 Å². The first kappa shape index (κ1) is 10.9. The van der Waals surface area contributed by atoms with E-state index in [0.29, 0.717) is 6.10 Å². The Balaban J connectivity index is 1.69. The van der Waals surface area contributed by atoms with Crippen LogP contribution in [-0.2, 0) is 4.74 Å². The number of ether oxygens (including phenoxy) is 1. The van der Waals surface area contributed by atoms with Gasteiger partial charge in [-0.2, -0.15) is 5.26 Å². The summed E-state index contributed by atoms with van der Waals surface area (Å²) in [5.74, 6) is 0.941. The molecule has 2 rings (SSSR count). The van der Waals surface area contributed by atoms with E-state index in [1.165, 1.54) is 19.3 Å². The zero-order valence-electron chi connectivity index (χ0n) is 9.46.